The number of aryl methyl sites for hydroxylation is 2. The molecule has 1 N–H and O–H groups in total. The number of halogens is 2. The number of aliphatic imine (C=N–C) groups is 1. The van der Waals surface area contributed by atoms with E-state index < -0.39 is 0 Å². The molecular weight excluding hydrogens is 433 g/mol. The molecule has 1 aromatic carbocycles. The van der Waals surface area contributed by atoms with Crippen LogP contribution in [0.15, 0.2) is 35.1 Å². The average Bonchev–Trinajstić information content (AvgIpc) is 3.14. The van der Waals surface area contributed by atoms with E-state index in [1.165, 1.54) is 11.8 Å². The van der Waals surface area contributed by atoms with Gasteiger partial charge >= 0.3 is 0 Å². The fraction of sp³-hybridized carbons (Fsp3) is 0.263. The molecule has 1 aromatic heterocycles. The number of carbonyl (C=O) groups excluding carboxylic acids is 2. The van der Waals surface area contributed by atoms with E-state index in [9.17, 15) is 9.59 Å². The lowest BCUT2D eigenvalue weighted by molar-refractivity contribution is -0.122. The molecule has 2 amide bonds. The maximum Gasteiger partial charge on any atom is 0.278 e. The van der Waals surface area contributed by atoms with Gasteiger partial charge in [-0.2, -0.15) is 5.10 Å². The molecule has 152 valence electrons. The first-order chi connectivity index (χ1) is 13.8. The molecule has 0 unspecified atom stereocenters. The summed E-state index contributed by atoms with van der Waals surface area (Å²) in [7, 11) is 1.82. The molecule has 0 saturated carbocycles. The Labute approximate surface area is 182 Å². The largest absolute Gasteiger partial charge is 0.324 e. The summed E-state index contributed by atoms with van der Waals surface area (Å²) in [6.07, 6.45) is 3.55. The van der Waals surface area contributed by atoms with Crippen molar-refractivity contribution in [3.63, 3.8) is 0 Å². The highest BCUT2D eigenvalue weighted by Crippen LogP contribution is 2.27. The minimum atomic E-state index is -0.258. The fourth-order valence-electron chi connectivity index (χ4n) is 2.73. The van der Waals surface area contributed by atoms with Gasteiger partial charge in [0.1, 0.15) is 5.70 Å². The highest BCUT2D eigenvalue weighted by molar-refractivity contribution is 8.14. The molecule has 1 aliphatic heterocycles. The van der Waals surface area contributed by atoms with Crippen LogP contribution in [0.1, 0.15) is 18.2 Å². The van der Waals surface area contributed by atoms with E-state index >= 15 is 0 Å². The monoisotopic (exact) mass is 451 g/mol. The second-order valence-corrected chi connectivity index (χ2v) is 8.06. The number of hydrogen-bond acceptors (Lipinski definition) is 5. The van der Waals surface area contributed by atoms with E-state index in [0.29, 0.717) is 33.1 Å². The lowest BCUT2D eigenvalue weighted by Crippen LogP contribution is -2.31. The summed E-state index contributed by atoms with van der Waals surface area (Å²) < 4.78 is 1.68. The maximum absolute atomic E-state index is 12.7. The van der Waals surface area contributed by atoms with Crippen molar-refractivity contribution < 1.29 is 9.59 Å². The Bertz CT molecular complexity index is 1030. The van der Waals surface area contributed by atoms with Crippen molar-refractivity contribution in [3.05, 3.63) is 51.4 Å². The zero-order chi connectivity index (χ0) is 21.1. The first-order valence-corrected chi connectivity index (χ1v) is 10.5. The van der Waals surface area contributed by atoms with Crippen LogP contribution < -0.4 is 5.32 Å². The molecule has 3 rings (SSSR count). The number of rotatable bonds is 5. The van der Waals surface area contributed by atoms with Gasteiger partial charge in [-0.15, -0.1) is 0 Å². The smallest absolute Gasteiger partial charge is 0.278 e. The summed E-state index contributed by atoms with van der Waals surface area (Å²) in [6.45, 7) is 4.19. The lowest BCUT2D eigenvalue weighted by atomic mass is 10.2. The number of benzene rings is 1. The zero-order valence-corrected chi connectivity index (χ0v) is 18.4. The number of aromatic nitrogens is 2. The molecule has 0 fully saturated rings. The number of hydrogen-bond donors (Lipinski definition) is 1. The van der Waals surface area contributed by atoms with E-state index in [1.54, 1.807) is 33.9 Å². The SMILES string of the molecule is CCN1C(=O)C(=Cc2cn(C)nc2C)N=C1SCC(=O)Nc1ccc(Cl)cc1Cl. The van der Waals surface area contributed by atoms with Gasteiger partial charge in [0.2, 0.25) is 5.91 Å². The van der Waals surface area contributed by atoms with Crippen molar-refractivity contribution in [1.82, 2.24) is 14.7 Å². The van der Waals surface area contributed by atoms with Gasteiger partial charge in [0.05, 0.1) is 22.2 Å². The normalized spacial score (nSPS) is 15.2. The first kappa shape index (κ1) is 21.4. The predicted molar refractivity (Wildman–Crippen MR) is 118 cm³/mol. The summed E-state index contributed by atoms with van der Waals surface area (Å²) in [5.41, 5.74) is 2.45. The highest BCUT2D eigenvalue weighted by atomic mass is 35.5. The average molecular weight is 452 g/mol. The van der Waals surface area contributed by atoms with Crippen LogP contribution in [0.4, 0.5) is 5.69 Å². The third kappa shape index (κ3) is 5.01. The second kappa shape index (κ2) is 9.02. The number of likely N-dealkylation sites (N-methyl/N-ethyl adjacent to an activating group) is 1. The van der Waals surface area contributed by atoms with Crippen molar-refractivity contribution in [2.45, 2.75) is 13.8 Å². The van der Waals surface area contributed by atoms with Gasteiger partial charge in [-0.3, -0.25) is 19.2 Å². The Balaban J connectivity index is 1.70. The predicted octanol–water partition coefficient (Wildman–Crippen LogP) is 3.97. The van der Waals surface area contributed by atoms with Crippen LogP contribution in [-0.2, 0) is 16.6 Å². The third-order valence-electron chi connectivity index (χ3n) is 4.11. The van der Waals surface area contributed by atoms with Crippen LogP contribution in [0.2, 0.25) is 10.0 Å². The van der Waals surface area contributed by atoms with Gasteiger partial charge < -0.3 is 5.32 Å². The molecule has 0 bridgehead atoms. The van der Waals surface area contributed by atoms with Crippen molar-refractivity contribution >= 4 is 63.7 Å². The van der Waals surface area contributed by atoms with Crippen LogP contribution >= 0.6 is 35.0 Å². The quantitative estimate of drug-likeness (QED) is 0.697. The maximum atomic E-state index is 12.7. The van der Waals surface area contributed by atoms with Crippen molar-refractivity contribution in [3.8, 4) is 0 Å². The van der Waals surface area contributed by atoms with Crippen LogP contribution in [0.5, 0.6) is 0 Å². The van der Waals surface area contributed by atoms with Gasteiger partial charge in [-0.25, -0.2) is 4.99 Å². The number of thioether (sulfide) groups is 1. The van der Waals surface area contributed by atoms with Gasteiger partial charge in [0.15, 0.2) is 5.17 Å². The van der Waals surface area contributed by atoms with E-state index in [0.717, 1.165) is 11.3 Å². The molecule has 29 heavy (non-hydrogen) atoms. The van der Waals surface area contributed by atoms with Crippen molar-refractivity contribution in [2.24, 2.45) is 12.0 Å². The number of amides is 2. The van der Waals surface area contributed by atoms with E-state index in [-0.39, 0.29) is 17.6 Å². The minimum Gasteiger partial charge on any atom is -0.324 e. The molecule has 2 aromatic rings. The van der Waals surface area contributed by atoms with Crippen molar-refractivity contribution in [2.75, 3.05) is 17.6 Å². The van der Waals surface area contributed by atoms with Crippen LogP contribution in [0, 0.1) is 6.92 Å². The molecule has 0 radical (unpaired) electrons. The van der Waals surface area contributed by atoms with Gasteiger partial charge in [0, 0.05) is 30.4 Å². The molecule has 7 nitrogen and oxygen atoms in total. The van der Waals surface area contributed by atoms with Crippen LogP contribution in [0.25, 0.3) is 6.08 Å². The van der Waals surface area contributed by atoms with E-state index in [1.807, 2.05) is 27.1 Å². The van der Waals surface area contributed by atoms with E-state index in [2.05, 4.69) is 15.4 Å². The summed E-state index contributed by atoms with van der Waals surface area (Å²) >= 11 is 13.1. The first-order valence-electron chi connectivity index (χ1n) is 8.78. The Hall–Kier alpha value is -2.29. The Morgan fingerprint density at radius 1 is 1.34 bits per heavy atom. The topological polar surface area (TPSA) is 79.6 Å². The molecule has 0 spiro atoms. The van der Waals surface area contributed by atoms with Gasteiger partial charge in [0.25, 0.3) is 5.91 Å². The lowest BCUT2D eigenvalue weighted by Gasteiger charge is -2.14. The van der Waals surface area contributed by atoms with Gasteiger partial charge in [-0.1, -0.05) is 35.0 Å². The molecule has 0 atom stereocenters. The Kier molecular flexibility index (Phi) is 6.66. The minimum absolute atomic E-state index is 0.0841. The highest BCUT2D eigenvalue weighted by Gasteiger charge is 2.30. The number of carbonyl (C=O) groups is 2. The zero-order valence-electron chi connectivity index (χ0n) is 16.1. The Morgan fingerprint density at radius 2 is 2.10 bits per heavy atom. The molecule has 0 saturated heterocycles. The second-order valence-electron chi connectivity index (χ2n) is 6.28. The van der Waals surface area contributed by atoms with Crippen molar-refractivity contribution in [1.29, 1.82) is 0 Å². The molecule has 0 aliphatic carbocycles. The molecule has 10 heteroatoms. The van der Waals surface area contributed by atoms with Crippen LogP contribution in [-0.4, -0.2) is 44.0 Å². The molecule has 1 aliphatic rings. The fourth-order valence-corrected chi connectivity index (χ4v) is 4.05. The number of amidine groups is 1. The standard InChI is InChI=1S/C19H19Cl2N5O2S/c1-4-26-18(28)16(7-12-9-25(3)24-11(12)2)23-19(26)29-10-17(27)22-15-6-5-13(20)8-14(15)21/h5-9H,4,10H2,1-3H3,(H,22,27). The van der Waals surface area contributed by atoms with Gasteiger partial charge in [-0.05, 0) is 38.1 Å². The molecule has 2 heterocycles. The summed E-state index contributed by atoms with van der Waals surface area (Å²) in [4.78, 5) is 30.9. The Morgan fingerprint density at radius 3 is 2.72 bits per heavy atom. The summed E-state index contributed by atoms with van der Waals surface area (Å²) in [6, 6.07) is 4.84. The summed E-state index contributed by atoms with van der Waals surface area (Å²) in [5, 5.41) is 8.34. The summed E-state index contributed by atoms with van der Waals surface area (Å²) in [5.74, 6) is -0.369. The number of nitrogens with zero attached hydrogens (tertiary/aromatic N) is 4. The molecular formula is C19H19Cl2N5O2S. The van der Waals surface area contributed by atoms with E-state index in [4.69, 9.17) is 23.2 Å². The number of nitrogens with one attached hydrogen (secondary N) is 1. The third-order valence-corrected chi connectivity index (χ3v) is 5.63. The van der Waals surface area contributed by atoms with Crippen LogP contribution in [0.3, 0.4) is 0 Å². The number of anilines is 1.